The highest BCUT2D eigenvalue weighted by atomic mass is 16.2. The van der Waals surface area contributed by atoms with Crippen molar-refractivity contribution in [1.82, 2.24) is 0 Å². The number of amides is 1. The number of hydrogen-bond acceptors (Lipinski definition) is 4. The van der Waals surface area contributed by atoms with Crippen LogP contribution in [0.3, 0.4) is 0 Å². The molecule has 0 saturated heterocycles. The zero-order valence-corrected chi connectivity index (χ0v) is 16.2. The Kier molecular flexibility index (Phi) is 5.17. The highest BCUT2D eigenvalue weighted by Gasteiger charge is 2.33. The van der Waals surface area contributed by atoms with Crippen molar-refractivity contribution in [3.63, 3.8) is 0 Å². The summed E-state index contributed by atoms with van der Waals surface area (Å²) in [5, 5.41) is 12.3. The van der Waals surface area contributed by atoms with Gasteiger partial charge in [0.2, 0.25) is 0 Å². The number of nitriles is 1. The molecular weight excluding hydrogens is 360 g/mol. The fourth-order valence-corrected chi connectivity index (χ4v) is 3.60. The van der Waals surface area contributed by atoms with Gasteiger partial charge in [-0.3, -0.25) is 9.69 Å². The average molecular weight is 382 g/mol. The maximum Gasteiger partial charge on any atom is 0.262 e. The van der Waals surface area contributed by atoms with E-state index in [1.165, 1.54) is 0 Å². The van der Waals surface area contributed by atoms with Crippen molar-refractivity contribution in [1.29, 1.82) is 5.26 Å². The second-order valence-corrected chi connectivity index (χ2v) is 7.02. The maximum absolute atomic E-state index is 13.3. The standard InChI is InChI=1S/C24H22N4O/c1-27(17-7-16-25)19-14-12-18(13-15-19)23-26-22-11-6-5-10-21(22)24(29)28(23)20-8-3-2-4-9-20/h2-6,8-15,23,26H,7,17H2,1H3/t23-/m1/s1. The molecule has 5 heteroatoms. The van der Waals surface area contributed by atoms with Gasteiger partial charge < -0.3 is 10.2 Å². The molecule has 1 aliphatic heterocycles. The van der Waals surface area contributed by atoms with Crippen LogP contribution in [0.15, 0.2) is 78.9 Å². The molecule has 3 aromatic carbocycles. The molecule has 0 unspecified atom stereocenters. The average Bonchev–Trinajstić information content (AvgIpc) is 2.78. The van der Waals surface area contributed by atoms with Crippen molar-refractivity contribution in [3.05, 3.63) is 90.0 Å². The number of anilines is 3. The number of nitrogens with one attached hydrogen (secondary N) is 1. The van der Waals surface area contributed by atoms with Crippen LogP contribution >= 0.6 is 0 Å². The molecule has 4 rings (SSSR count). The van der Waals surface area contributed by atoms with Gasteiger partial charge in [-0.1, -0.05) is 42.5 Å². The van der Waals surface area contributed by atoms with Gasteiger partial charge in [-0.25, -0.2) is 0 Å². The summed E-state index contributed by atoms with van der Waals surface area (Å²) in [5.41, 5.74) is 4.39. The molecule has 1 aliphatic rings. The van der Waals surface area contributed by atoms with Crippen LogP contribution in [0.1, 0.15) is 28.5 Å². The van der Waals surface area contributed by atoms with Crippen LogP contribution in [0, 0.1) is 11.3 Å². The van der Waals surface area contributed by atoms with Crippen LogP contribution in [0.5, 0.6) is 0 Å². The number of benzene rings is 3. The van der Waals surface area contributed by atoms with Gasteiger partial charge in [-0.2, -0.15) is 5.26 Å². The summed E-state index contributed by atoms with van der Waals surface area (Å²) in [5.74, 6) is -0.0224. The quantitative estimate of drug-likeness (QED) is 0.688. The highest BCUT2D eigenvalue weighted by Crippen LogP contribution is 2.36. The van der Waals surface area contributed by atoms with E-state index in [2.05, 4.69) is 16.3 Å². The number of para-hydroxylation sites is 2. The smallest absolute Gasteiger partial charge is 0.262 e. The Bertz CT molecular complexity index is 1040. The minimum atomic E-state index is -0.307. The summed E-state index contributed by atoms with van der Waals surface area (Å²) in [6.45, 7) is 0.680. The minimum Gasteiger partial charge on any atom is -0.374 e. The molecule has 0 bridgehead atoms. The number of hydrogen-bond donors (Lipinski definition) is 1. The summed E-state index contributed by atoms with van der Waals surface area (Å²) >= 11 is 0. The van der Waals surface area contributed by atoms with Gasteiger partial charge >= 0.3 is 0 Å². The second kappa shape index (κ2) is 8.07. The molecule has 0 spiro atoms. The monoisotopic (exact) mass is 382 g/mol. The van der Waals surface area contributed by atoms with E-state index in [1.54, 1.807) is 4.90 Å². The maximum atomic E-state index is 13.3. The Hall–Kier alpha value is -3.78. The molecule has 0 saturated carbocycles. The first kappa shape index (κ1) is 18.6. The first-order chi connectivity index (χ1) is 14.2. The van der Waals surface area contributed by atoms with Crippen LogP contribution in [0.25, 0.3) is 0 Å². The first-order valence-electron chi connectivity index (χ1n) is 9.61. The van der Waals surface area contributed by atoms with E-state index in [4.69, 9.17) is 5.26 Å². The molecule has 1 amide bonds. The van der Waals surface area contributed by atoms with Crippen molar-refractivity contribution in [2.45, 2.75) is 12.6 Å². The molecule has 0 aromatic heterocycles. The zero-order valence-electron chi connectivity index (χ0n) is 16.2. The summed E-state index contributed by atoms with van der Waals surface area (Å²) < 4.78 is 0. The van der Waals surface area contributed by atoms with E-state index < -0.39 is 0 Å². The Morgan fingerprint density at radius 2 is 1.69 bits per heavy atom. The Balaban J connectivity index is 1.70. The third-order valence-corrected chi connectivity index (χ3v) is 5.17. The lowest BCUT2D eigenvalue weighted by atomic mass is 10.0. The molecule has 3 aromatic rings. The molecule has 144 valence electrons. The minimum absolute atomic E-state index is 0.0224. The van der Waals surface area contributed by atoms with E-state index in [0.717, 1.165) is 22.6 Å². The fraction of sp³-hybridized carbons (Fsp3) is 0.167. The SMILES string of the molecule is CN(CCC#N)c1ccc([C@@H]2Nc3ccccc3C(=O)N2c2ccccc2)cc1. The lowest BCUT2D eigenvalue weighted by molar-refractivity contribution is 0.0975. The predicted octanol–water partition coefficient (Wildman–Crippen LogP) is 4.81. The largest absolute Gasteiger partial charge is 0.374 e. The predicted molar refractivity (Wildman–Crippen MR) is 116 cm³/mol. The van der Waals surface area contributed by atoms with Crippen LogP contribution in [-0.4, -0.2) is 19.5 Å². The third-order valence-electron chi connectivity index (χ3n) is 5.17. The Morgan fingerprint density at radius 1 is 1.00 bits per heavy atom. The highest BCUT2D eigenvalue weighted by molar-refractivity contribution is 6.12. The summed E-state index contributed by atoms with van der Waals surface area (Å²) in [4.78, 5) is 17.2. The van der Waals surface area contributed by atoms with Gasteiger partial charge in [-0.05, 0) is 42.0 Å². The molecule has 5 nitrogen and oxygen atoms in total. The van der Waals surface area contributed by atoms with Crippen LogP contribution < -0.4 is 15.1 Å². The van der Waals surface area contributed by atoms with Crippen molar-refractivity contribution < 1.29 is 4.79 Å². The van der Waals surface area contributed by atoms with Gasteiger partial charge in [0.1, 0.15) is 6.17 Å². The topological polar surface area (TPSA) is 59.4 Å². The Morgan fingerprint density at radius 3 is 2.41 bits per heavy atom. The molecule has 0 radical (unpaired) electrons. The van der Waals surface area contributed by atoms with E-state index in [0.29, 0.717) is 18.5 Å². The van der Waals surface area contributed by atoms with E-state index >= 15 is 0 Å². The van der Waals surface area contributed by atoms with Gasteiger partial charge in [-0.15, -0.1) is 0 Å². The Labute approximate surface area is 170 Å². The van der Waals surface area contributed by atoms with Gasteiger partial charge in [0.05, 0.1) is 18.1 Å². The number of carbonyl (C=O) groups is 1. The van der Waals surface area contributed by atoms with E-state index in [1.807, 2.05) is 85.9 Å². The van der Waals surface area contributed by atoms with Crippen LogP contribution in [0.2, 0.25) is 0 Å². The first-order valence-corrected chi connectivity index (χ1v) is 9.61. The molecule has 0 fully saturated rings. The van der Waals surface area contributed by atoms with E-state index in [-0.39, 0.29) is 12.1 Å². The summed E-state index contributed by atoms with van der Waals surface area (Å²) in [7, 11) is 1.97. The molecule has 29 heavy (non-hydrogen) atoms. The number of fused-ring (bicyclic) bond motifs is 1. The van der Waals surface area contributed by atoms with Crippen LogP contribution in [0.4, 0.5) is 17.1 Å². The summed E-state index contributed by atoms with van der Waals surface area (Å²) in [6.07, 6.45) is 0.174. The second-order valence-electron chi connectivity index (χ2n) is 7.02. The van der Waals surface area contributed by atoms with Crippen LogP contribution in [-0.2, 0) is 0 Å². The van der Waals surface area contributed by atoms with Crippen molar-refractivity contribution in [2.24, 2.45) is 0 Å². The molecule has 0 aliphatic carbocycles. The third kappa shape index (κ3) is 3.65. The number of nitrogens with zero attached hydrogens (tertiary/aromatic N) is 3. The fourth-order valence-electron chi connectivity index (χ4n) is 3.60. The van der Waals surface area contributed by atoms with Crippen molar-refractivity contribution in [2.75, 3.05) is 28.7 Å². The molecular formula is C24H22N4O. The van der Waals surface area contributed by atoms with Crippen molar-refractivity contribution in [3.8, 4) is 6.07 Å². The van der Waals surface area contributed by atoms with Crippen molar-refractivity contribution >= 4 is 23.0 Å². The molecule has 1 N–H and O–H groups in total. The zero-order chi connectivity index (χ0) is 20.2. The molecule has 1 heterocycles. The lowest BCUT2D eigenvalue weighted by Gasteiger charge is -2.38. The van der Waals surface area contributed by atoms with Gasteiger partial charge in [0, 0.05) is 30.7 Å². The summed E-state index contributed by atoms with van der Waals surface area (Å²) in [6, 6.07) is 27.6. The van der Waals surface area contributed by atoms with Gasteiger partial charge in [0.15, 0.2) is 0 Å². The normalized spacial score (nSPS) is 15.2. The van der Waals surface area contributed by atoms with Gasteiger partial charge in [0.25, 0.3) is 5.91 Å². The molecule has 1 atom stereocenters. The number of rotatable bonds is 5. The van der Waals surface area contributed by atoms with E-state index in [9.17, 15) is 4.79 Å². The number of carbonyl (C=O) groups excluding carboxylic acids is 1. The lowest BCUT2D eigenvalue weighted by Crippen LogP contribution is -2.43.